The number of rotatable bonds is 8. The number of carboxylic acid groups (broad SMARTS) is 1. The minimum absolute atomic E-state index is 0.00971. The summed E-state index contributed by atoms with van der Waals surface area (Å²) in [7, 11) is 0. The minimum atomic E-state index is -0.854. The number of aromatic nitrogens is 1. The molecule has 1 atom stereocenters. The van der Waals surface area contributed by atoms with Crippen LogP contribution in [0.2, 0.25) is 0 Å². The van der Waals surface area contributed by atoms with Crippen molar-refractivity contribution in [3.05, 3.63) is 86.9 Å². The Morgan fingerprint density at radius 3 is 2.68 bits per heavy atom. The first kappa shape index (κ1) is 25.3. The molecule has 37 heavy (non-hydrogen) atoms. The van der Waals surface area contributed by atoms with Crippen LogP contribution >= 0.6 is 11.3 Å². The zero-order valence-corrected chi connectivity index (χ0v) is 22.2. The van der Waals surface area contributed by atoms with Gasteiger partial charge in [-0.2, -0.15) is 0 Å². The number of aryl methyl sites for hydroxylation is 1. The van der Waals surface area contributed by atoms with Crippen LogP contribution < -0.4 is 4.74 Å². The summed E-state index contributed by atoms with van der Waals surface area (Å²) >= 11 is 1.73. The summed E-state index contributed by atoms with van der Waals surface area (Å²) in [5, 5.41) is 10.1. The van der Waals surface area contributed by atoms with Crippen LogP contribution in [0.3, 0.4) is 0 Å². The molecule has 0 bridgehead atoms. The van der Waals surface area contributed by atoms with Crippen molar-refractivity contribution < 1.29 is 14.6 Å². The van der Waals surface area contributed by atoms with E-state index in [1.54, 1.807) is 18.3 Å². The lowest BCUT2D eigenvalue weighted by Crippen LogP contribution is -2.40. The van der Waals surface area contributed by atoms with E-state index in [4.69, 9.17) is 14.8 Å². The smallest absolute Gasteiger partial charge is 0.304 e. The summed E-state index contributed by atoms with van der Waals surface area (Å²) in [5.41, 5.74) is 5.05. The highest BCUT2D eigenvalue weighted by Gasteiger charge is 2.37. The Balaban J connectivity index is 1.15. The zero-order valence-electron chi connectivity index (χ0n) is 21.4. The van der Waals surface area contributed by atoms with Gasteiger partial charge in [-0.1, -0.05) is 54.5 Å². The third-order valence-electron chi connectivity index (χ3n) is 7.47. The van der Waals surface area contributed by atoms with Crippen LogP contribution in [-0.2, 0) is 23.4 Å². The normalized spacial score (nSPS) is 16.7. The van der Waals surface area contributed by atoms with Gasteiger partial charge in [0.2, 0.25) is 0 Å². The lowest BCUT2D eigenvalue weighted by atomic mass is 9.74. The molecule has 5 rings (SSSR count). The third kappa shape index (κ3) is 5.64. The Morgan fingerprint density at radius 1 is 1.19 bits per heavy atom. The highest BCUT2D eigenvalue weighted by molar-refractivity contribution is 7.11. The summed E-state index contributed by atoms with van der Waals surface area (Å²) in [6.45, 7) is 7.33. The molecule has 1 N–H and O–H groups in total. The lowest BCUT2D eigenvalue weighted by Gasteiger charge is -2.39. The summed E-state index contributed by atoms with van der Waals surface area (Å²) in [6.07, 6.45) is 7.03. The van der Waals surface area contributed by atoms with Gasteiger partial charge in [-0.05, 0) is 68.6 Å². The summed E-state index contributed by atoms with van der Waals surface area (Å²) in [6, 6.07) is 16.4. The molecule has 1 saturated heterocycles. The second kappa shape index (κ2) is 10.9. The van der Waals surface area contributed by atoms with Crippen molar-refractivity contribution in [2.24, 2.45) is 0 Å². The molecular formula is C31H32N2O3S. The van der Waals surface area contributed by atoms with Crippen LogP contribution in [0.4, 0.5) is 0 Å². The number of allylic oxidation sites excluding steroid dienone is 1. The van der Waals surface area contributed by atoms with E-state index in [9.17, 15) is 4.79 Å². The number of nitrogens with zero attached hydrogens (tertiary/aromatic N) is 2. The van der Waals surface area contributed by atoms with Crippen molar-refractivity contribution in [1.29, 1.82) is 0 Å². The Bertz CT molecular complexity index is 1360. The van der Waals surface area contributed by atoms with Crippen LogP contribution in [0.1, 0.15) is 64.4 Å². The van der Waals surface area contributed by atoms with Crippen molar-refractivity contribution in [1.82, 2.24) is 9.88 Å². The molecule has 2 aliphatic rings. The van der Waals surface area contributed by atoms with E-state index in [1.807, 2.05) is 24.3 Å². The molecule has 0 unspecified atom stereocenters. The first-order chi connectivity index (χ1) is 18.0. The van der Waals surface area contributed by atoms with E-state index in [1.165, 1.54) is 16.0 Å². The average Bonchev–Trinajstić information content (AvgIpc) is 3.44. The van der Waals surface area contributed by atoms with E-state index in [-0.39, 0.29) is 17.8 Å². The van der Waals surface area contributed by atoms with Gasteiger partial charge in [0.25, 0.3) is 0 Å². The summed E-state index contributed by atoms with van der Waals surface area (Å²) < 4.78 is 6.00. The lowest BCUT2D eigenvalue weighted by molar-refractivity contribution is -0.137. The molecular weight excluding hydrogens is 480 g/mol. The average molecular weight is 513 g/mol. The van der Waals surface area contributed by atoms with Crippen molar-refractivity contribution >= 4 is 23.4 Å². The van der Waals surface area contributed by atoms with Crippen LogP contribution in [0.15, 0.2) is 54.6 Å². The van der Waals surface area contributed by atoms with Gasteiger partial charge in [-0.25, -0.2) is 4.98 Å². The van der Waals surface area contributed by atoms with E-state index in [0.29, 0.717) is 6.61 Å². The fourth-order valence-electron chi connectivity index (χ4n) is 5.42. The number of thiazole rings is 1. The molecule has 1 aliphatic heterocycles. The zero-order chi connectivity index (χ0) is 25.8. The van der Waals surface area contributed by atoms with Crippen molar-refractivity contribution in [2.45, 2.75) is 57.6 Å². The number of benzene rings is 2. The number of hydrogen-bond donors (Lipinski definition) is 1. The molecule has 2 heterocycles. The van der Waals surface area contributed by atoms with E-state index in [2.05, 4.69) is 60.1 Å². The predicted octanol–water partition coefficient (Wildman–Crippen LogP) is 6.17. The number of fused-ring (bicyclic) bond motifs is 2. The summed E-state index contributed by atoms with van der Waals surface area (Å²) in [5.74, 6) is 5.38. The molecule has 190 valence electrons. The molecule has 0 saturated carbocycles. The van der Waals surface area contributed by atoms with Crippen molar-refractivity contribution in [3.8, 4) is 17.6 Å². The Kier molecular flexibility index (Phi) is 7.45. The van der Waals surface area contributed by atoms with Gasteiger partial charge < -0.3 is 9.84 Å². The number of carbonyl (C=O) groups is 1. The maximum atomic E-state index is 11.1. The quantitative estimate of drug-likeness (QED) is 0.366. The predicted molar refractivity (Wildman–Crippen MR) is 148 cm³/mol. The van der Waals surface area contributed by atoms with Gasteiger partial charge in [0.05, 0.1) is 18.0 Å². The Hall–Kier alpha value is -3.40. The van der Waals surface area contributed by atoms with Crippen molar-refractivity contribution in [3.63, 3.8) is 0 Å². The standard InChI is InChI=1S/C31H32N2O3S/c1-3-6-25(19-30(34)35)23-9-11-26(12-10-23)36-21-29-32-22(2)28(37-29)20-33-17-15-31(16-18-33)14-13-24-7-4-5-8-27(24)31/h4-5,7-14,25H,15-21H2,1-2H3,(H,34,35)/t25-/m0/s1. The van der Waals surface area contributed by atoms with E-state index in [0.717, 1.165) is 54.5 Å². The van der Waals surface area contributed by atoms with Crippen molar-refractivity contribution in [2.75, 3.05) is 13.1 Å². The number of ether oxygens (including phenoxy) is 1. The minimum Gasteiger partial charge on any atom is -0.486 e. The number of aliphatic carboxylic acids is 1. The molecule has 0 radical (unpaired) electrons. The number of hydrogen-bond acceptors (Lipinski definition) is 5. The molecule has 1 spiro atoms. The van der Waals surface area contributed by atoms with Gasteiger partial charge in [0.15, 0.2) is 0 Å². The summed E-state index contributed by atoms with van der Waals surface area (Å²) in [4.78, 5) is 19.8. The number of likely N-dealkylation sites (tertiary alicyclic amines) is 1. The van der Waals surface area contributed by atoms with Crippen LogP contribution in [0.5, 0.6) is 5.75 Å². The van der Waals surface area contributed by atoms with Gasteiger partial charge in [0.1, 0.15) is 17.4 Å². The van der Waals surface area contributed by atoms with Crippen LogP contribution in [0, 0.1) is 18.8 Å². The fourth-order valence-corrected chi connectivity index (χ4v) is 6.45. The highest BCUT2D eigenvalue weighted by atomic mass is 32.1. The molecule has 2 aromatic carbocycles. The first-order valence-corrected chi connectivity index (χ1v) is 13.6. The second-order valence-corrected chi connectivity index (χ2v) is 11.0. The van der Waals surface area contributed by atoms with Gasteiger partial charge in [-0.3, -0.25) is 9.69 Å². The molecule has 0 amide bonds. The molecule has 6 heteroatoms. The SMILES string of the molecule is CC#C[C@@H](CC(=O)O)c1ccc(OCc2nc(C)c(CN3CCC4(C=Cc5ccccc54)CC3)s2)cc1. The maximum absolute atomic E-state index is 11.1. The maximum Gasteiger partial charge on any atom is 0.304 e. The topological polar surface area (TPSA) is 62.7 Å². The van der Waals surface area contributed by atoms with E-state index >= 15 is 0 Å². The largest absolute Gasteiger partial charge is 0.486 e. The van der Waals surface area contributed by atoms with Crippen LogP contribution in [-0.4, -0.2) is 34.0 Å². The first-order valence-electron chi connectivity index (χ1n) is 12.8. The monoisotopic (exact) mass is 512 g/mol. The highest BCUT2D eigenvalue weighted by Crippen LogP contribution is 2.44. The van der Waals surface area contributed by atoms with Gasteiger partial charge in [0, 0.05) is 16.8 Å². The third-order valence-corrected chi connectivity index (χ3v) is 8.59. The number of piperidine rings is 1. The second-order valence-electron chi connectivity index (χ2n) is 9.87. The van der Waals surface area contributed by atoms with E-state index < -0.39 is 5.97 Å². The van der Waals surface area contributed by atoms with Crippen LogP contribution in [0.25, 0.3) is 6.08 Å². The van der Waals surface area contributed by atoms with Gasteiger partial charge in [-0.15, -0.1) is 17.3 Å². The fraction of sp³-hybridized carbons (Fsp3) is 0.355. The molecule has 1 aliphatic carbocycles. The number of carboxylic acids is 1. The Morgan fingerprint density at radius 2 is 1.95 bits per heavy atom. The molecule has 1 fully saturated rings. The molecule has 5 nitrogen and oxygen atoms in total. The molecule has 3 aromatic rings. The van der Waals surface area contributed by atoms with Gasteiger partial charge >= 0.3 is 5.97 Å². The molecule has 1 aromatic heterocycles. The Labute approximate surface area is 222 Å².